The third kappa shape index (κ3) is 3.28. The highest BCUT2D eigenvalue weighted by Crippen LogP contribution is 2.33. The van der Waals surface area contributed by atoms with Crippen LogP contribution in [-0.4, -0.2) is 14.3 Å². The Bertz CT molecular complexity index is 621. The van der Waals surface area contributed by atoms with Gasteiger partial charge < -0.3 is 5.32 Å². The molecule has 1 aromatic rings. The van der Waals surface area contributed by atoms with Crippen LogP contribution in [0.4, 0.5) is 5.69 Å². The lowest BCUT2D eigenvalue weighted by Gasteiger charge is -2.14. The van der Waals surface area contributed by atoms with Gasteiger partial charge in [0, 0.05) is 22.3 Å². The van der Waals surface area contributed by atoms with E-state index >= 15 is 0 Å². The van der Waals surface area contributed by atoms with E-state index in [9.17, 15) is 13.2 Å². The van der Waals surface area contributed by atoms with E-state index in [1.54, 1.807) is 6.92 Å². The SMILES string of the molecule is CCc1cc(S(=O)(=O)Cl)cc(C)c1NC(=O)C1CC1. The van der Waals surface area contributed by atoms with Crippen molar-refractivity contribution in [1.29, 1.82) is 0 Å². The molecule has 6 heteroatoms. The van der Waals surface area contributed by atoms with Crippen molar-refractivity contribution in [2.45, 2.75) is 38.0 Å². The fourth-order valence-electron chi connectivity index (χ4n) is 1.99. The Balaban J connectivity index is 2.40. The minimum absolute atomic E-state index is 0.0132. The Morgan fingerprint density at radius 3 is 2.53 bits per heavy atom. The lowest BCUT2D eigenvalue weighted by molar-refractivity contribution is -0.117. The summed E-state index contributed by atoms with van der Waals surface area (Å²) in [7, 11) is 1.62. The van der Waals surface area contributed by atoms with Crippen molar-refractivity contribution in [1.82, 2.24) is 0 Å². The maximum absolute atomic E-state index is 11.8. The van der Waals surface area contributed by atoms with E-state index in [-0.39, 0.29) is 16.7 Å². The Morgan fingerprint density at radius 2 is 2.05 bits per heavy atom. The molecule has 1 fully saturated rings. The van der Waals surface area contributed by atoms with Gasteiger partial charge >= 0.3 is 0 Å². The summed E-state index contributed by atoms with van der Waals surface area (Å²) < 4.78 is 22.8. The molecular weight excluding hydrogens is 286 g/mol. The summed E-state index contributed by atoms with van der Waals surface area (Å²) in [5.41, 5.74) is 2.21. The Morgan fingerprint density at radius 1 is 1.42 bits per heavy atom. The zero-order chi connectivity index (χ0) is 14.2. The van der Waals surface area contributed by atoms with Gasteiger partial charge in [0.05, 0.1) is 4.90 Å². The van der Waals surface area contributed by atoms with E-state index in [0.29, 0.717) is 17.7 Å². The van der Waals surface area contributed by atoms with Gasteiger partial charge in [-0.1, -0.05) is 6.92 Å². The van der Waals surface area contributed by atoms with Crippen LogP contribution in [0, 0.1) is 12.8 Å². The van der Waals surface area contributed by atoms with Crippen LogP contribution >= 0.6 is 10.7 Å². The normalized spacial score (nSPS) is 15.3. The first-order chi connectivity index (χ1) is 8.82. The van der Waals surface area contributed by atoms with Gasteiger partial charge in [-0.15, -0.1) is 0 Å². The molecule has 0 aliphatic heterocycles. The van der Waals surface area contributed by atoms with Crippen LogP contribution in [0.5, 0.6) is 0 Å². The predicted molar refractivity (Wildman–Crippen MR) is 74.9 cm³/mol. The lowest BCUT2D eigenvalue weighted by Crippen LogP contribution is -2.16. The molecule has 1 aliphatic carbocycles. The summed E-state index contributed by atoms with van der Waals surface area (Å²) in [6.45, 7) is 3.68. The van der Waals surface area contributed by atoms with Crippen LogP contribution in [0.25, 0.3) is 0 Å². The van der Waals surface area contributed by atoms with Crippen molar-refractivity contribution in [2.75, 3.05) is 5.32 Å². The third-order valence-electron chi connectivity index (χ3n) is 3.25. The minimum atomic E-state index is -3.75. The topological polar surface area (TPSA) is 63.2 Å². The predicted octanol–water partition coefficient (Wildman–Crippen LogP) is 2.83. The number of carbonyl (C=O) groups excluding carboxylic acids is 1. The molecule has 1 N–H and O–H groups in total. The van der Waals surface area contributed by atoms with Gasteiger partial charge in [0.15, 0.2) is 0 Å². The summed E-state index contributed by atoms with van der Waals surface area (Å²) in [6, 6.07) is 3.02. The number of hydrogen-bond donors (Lipinski definition) is 1. The van der Waals surface area contributed by atoms with Gasteiger partial charge in [-0.2, -0.15) is 0 Å². The second kappa shape index (κ2) is 5.13. The first-order valence-electron chi connectivity index (χ1n) is 6.22. The third-order valence-corrected chi connectivity index (χ3v) is 4.58. The van der Waals surface area contributed by atoms with Crippen molar-refractivity contribution in [3.63, 3.8) is 0 Å². The Labute approximate surface area is 117 Å². The van der Waals surface area contributed by atoms with Crippen molar-refractivity contribution in [2.24, 2.45) is 5.92 Å². The van der Waals surface area contributed by atoms with E-state index in [4.69, 9.17) is 10.7 Å². The maximum atomic E-state index is 11.8. The van der Waals surface area contributed by atoms with E-state index < -0.39 is 9.05 Å². The van der Waals surface area contributed by atoms with E-state index in [2.05, 4.69) is 5.32 Å². The number of nitrogens with one attached hydrogen (secondary N) is 1. The van der Waals surface area contributed by atoms with Crippen LogP contribution in [0.2, 0.25) is 0 Å². The maximum Gasteiger partial charge on any atom is 0.261 e. The summed E-state index contributed by atoms with van der Waals surface area (Å²) >= 11 is 0. The highest BCUT2D eigenvalue weighted by Gasteiger charge is 2.30. The number of aryl methyl sites for hydroxylation is 2. The molecule has 4 nitrogen and oxygen atoms in total. The Hall–Kier alpha value is -1.07. The highest BCUT2D eigenvalue weighted by atomic mass is 35.7. The van der Waals surface area contributed by atoms with Gasteiger partial charge in [-0.3, -0.25) is 4.79 Å². The molecule has 0 atom stereocenters. The molecule has 0 unspecified atom stereocenters. The number of carbonyl (C=O) groups is 1. The van der Waals surface area contributed by atoms with Crippen LogP contribution in [0.3, 0.4) is 0 Å². The van der Waals surface area contributed by atoms with Gasteiger partial charge in [0.1, 0.15) is 0 Å². The average Bonchev–Trinajstić information content (AvgIpc) is 3.13. The van der Waals surface area contributed by atoms with Gasteiger partial charge in [0.2, 0.25) is 5.91 Å². The van der Waals surface area contributed by atoms with Gasteiger partial charge in [-0.25, -0.2) is 8.42 Å². The molecular formula is C13H16ClNO3S. The second-order valence-electron chi connectivity index (χ2n) is 4.83. The van der Waals surface area contributed by atoms with Crippen molar-refractivity contribution < 1.29 is 13.2 Å². The largest absolute Gasteiger partial charge is 0.325 e. The summed E-state index contributed by atoms with van der Waals surface area (Å²) in [5, 5.41) is 2.89. The number of anilines is 1. The van der Waals surface area contributed by atoms with E-state index in [1.807, 2.05) is 6.92 Å². The second-order valence-corrected chi connectivity index (χ2v) is 7.40. The lowest BCUT2D eigenvalue weighted by atomic mass is 10.1. The standard InChI is InChI=1S/C13H16ClNO3S/c1-3-9-7-11(19(14,17)18)6-8(2)12(9)15-13(16)10-4-5-10/h6-7,10H,3-5H2,1-2H3,(H,15,16). The quantitative estimate of drug-likeness (QED) is 0.870. The monoisotopic (exact) mass is 301 g/mol. The smallest absolute Gasteiger partial charge is 0.261 e. The van der Waals surface area contributed by atoms with Crippen molar-refractivity contribution in [3.05, 3.63) is 23.3 Å². The van der Waals surface area contributed by atoms with Crippen LogP contribution in [-0.2, 0) is 20.3 Å². The van der Waals surface area contributed by atoms with Crippen LogP contribution < -0.4 is 5.32 Å². The molecule has 0 aromatic heterocycles. The van der Waals surface area contributed by atoms with Crippen LogP contribution in [0.15, 0.2) is 17.0 Å². The number of amides is 1. The number of hydrogen-bond acceptors (Lipinski definition) is 3. The summed E-state index contributed by atoms with van der Waals surface area (Å²) in [5.74, 6) is 0.125. The highest BCUT2D eigenvalue weighted by molar-refractivity contribution is 8.13. The number of halogens is 1. The van der Waals surface area contributed by atoms with Gasteiger partial charge in [0.25, 0.3) is 9.05 Å². The molecule has 0 bridgehead atoms. The van der Waals surface area contributed by atoms with Gasteiger partial charge in [-0.05, 0) is 49.4 Å². The Kier molecular flexibility index (Phi) is 3.87. The molecule has 1 saturated carbocycles. The summed E-state index contributed by atoms with van der Waals surface area (Å²) in [6.07, 6.45) is 2.49. The molecule has 0 saturated heterocycles. The average molecular weight is 302 g/mol. The number of benzene rings is 1. The molecule has 2 rings (SSSR count). The first-order valence-corrected chi connectivity index (χ1v) is 8.53. The first kappa shape index (κ1) is 14.3. The molecule has 0 spiro atoms. The van der Waals surface area contributed by atoms with Crippen LogP contribution in [0.1, 0.15) is 30.9 Å². The fourth-order valence-corrected chi connectivity index (χ4v) is 2.86. The molecule has 1 aliphatic rings. The zero-order valence-corrected chi connectivity index (χ0v) is 12.4. The fraction of sp³-hybridized carbons (Fsp3) is 0.462. The zero-order valence-electron chi connectivity index (χ0n) is 10.9. The molecule has 0 heterocycles. The number of rotatable bonds is 4. The van der Waals surface area contributed by atoms with E-state index in [0.717, 1.165) is 18.4 Å². The molecule has 0 radical (unpaired) electrons. The minimum Gasteiger partial charge on any atom is -0.325 e. The molecule has 1 aromatic carbocycles. The summed E-state index contributed by atoms with van der Waals surface area (Å²) in [4.78, 5) is 11.9. The molecule has 19 heavy (non-hydrogen) atoms. The van der Waals surface area contributed by atoms with Crippen molar-refractivity contribution in [3.8, 4) is 0 Å². The molecule has 104 valence electrons. The molecule has 1 amide bonds. The van der Waals surface area contributed by atoms with E-state index in [1.165, 1.54) is 12.1 Å². The van der Waals surface area contributed by atoms with Crippen molar-refractivity contribution >= 4 is 31.3 Å².